The average molecular weight is 263 g/mol. The molecule has 2 nitrogen and oxygen atoms in total. The van der Waals surface area contributed by atoms with Crippen LogP contribution in [0.1, 0.15) is 77.3 Å². The van der Waals surface area contributed by atoms with Crippen molar-refractivity contribution in [3.63, 3.8) is 0 Å². The molecular weight excluding hydrogens is 234 g/mol. The van der Waals surface area contributed by atoms with Gasteiger partial charge in [0, 0.05) is 23.5 Å². The zero-order valence-corrected chi connectivity index (χ0v) is 13.1. The third-order valence-corrected chi connectivity index (χ3v) is 4.45. The van der Waals surface area contributed by atoms with Gasteiger partial charge in [-0.2, -0.15) is 0 Å². The molecule has 1 aromatic rings. The highest BCUT2D eigenvalue weighted by molar-refractivity contribution is 5.29. The van der Waals surface area contributed by atoms with Gasteiger partial charge in [0.25, 0.3) is 0 Å². The molecule has 0 bridgehead atoms. The Kier molecular flexibility index (Phi) is 4.10. The van der Waals surface area contributed by atoms with E-state index in [2.05, 4.69) is 51.4 Å². The van der Waals surface area contributed by atoms with Crippen LogP contribution in [-0.4, -0.2) is 9.67 Å². The summed E-state index contributed by atoms with van der Waals surface area (Å²) in [5.41, 5.74) is 2.73. The van der Waals surface area contributed by atoms with Crippen LogP contribution in [0.5, 0.6) is 0 Å². The summed E-state index contributed by atoms with van der Waals surface area (Å²) in [6, 6.07) is 2.66. The number of fused-ring (bicyclic) bond motifs is 1. The summed E-state index contributed by atoms with van der Waals surface area (Å²) >= 11 is 0. The van der Waals surface area contributed by atoms with Crippen molar-refractivity contribution in [2.75, 3.05) is 0 Å². The topological polar surface area (TPSA) is 25.2 Å². The Morgan fingerprint density at radius 3 is 2.63 bits per heavy atom. The fraction of sp³-hybridized carbons (Fsp3) is 0.765. The van der Waals surface area contributed by atoms with E-state index in [-0.39, 0.29) is 11.5 Å². The third kappa shape index (κ3) is 3.22. The normalized spacial score (nSPS) is 23.4. The van der Waals surface area contributed by atoms with Crippen LogP contribution in [0, 0.1) is 11.3 Å². The van der Waals surface area contributed by atoms with Gasteiger partial charge in [0.05, 0.1) is 6.10 Å². The van der Waals surface area contributed by atoms with Crippen LogP contribution < -0.4 is 0 Å². The van der Waals surface area contributed by atoms with Gasteiger partial charge in [-0.3, -0.25) is 0 Å². The summed E-state index contributed by atoms with van der Waals surface area (Å²) in [6.45, 7) is 11.4. The molecule has 2 unspecified atom stereocenters. The minimum Gasteiger partial charge on any atom is -0.388 e. The Morgan fingerprint density at radius 1 is 1.32 bits per heavy atom. The van der Waals surface area contributed by atoms with Crippen LogP contribution in [-0.2, 0) is 6.42 Å². The van der Waals surface area contributed by atoms with Crippen LogP contribution in [0.4, 0.5) is 0 Å². The van der Waals surface area contributed by atoms with Crippen molar-refractivity contribution in [2.24, 2.45) is 11.3 Å². The predicted octanol–water partition coefficient (Wildman–Crippen LogP) is 4.49. The van der Waals surface area contributed by atoms with Gasteiger partial charge in [0.15, 0.2) is 0 Å². The highest BCUT2D eigenvalue weighted by Crippen LogP contribution is 2.42. The predicted molar refractivity (Wildman–Crippen MR) is 80.3 cm³/mol. The first-order valence-electron chi connectivity index (χ1n) is 7.68. The molecule has 2 atom stereocenters. The first-order chi connectivity index (χ1) is 8.80. The summed E-state index contributed by atoms with van der Waals surface area (Å²) in [6.07, 6.45) is 6.34. The van der Waals surface area contributed by atoms with Crippen molar-refractivity contribution in [3.8, 4) is 0 Å². The summed E-state index contributed by atoms with van der Waals surface area (Å²) in [4.78, 5) is 0. The van der Waals surface area contributed by atoms with E-state index in [1.807, 2.05) is 0 Å². The Morgan fingerprint density at radius 2 is 2.00 bits per heavy atom. The molecule has 2 heteroatoms. The molecule has 0 saturated heterocycles. The quantitative estimate of drug-likeness (QED) is 0.850. The molecule has 1 aromatic heterocycles. The summed E-state index contributed by atoms with van der Waals surface area (Å²) in [5.74, 6) is 0.760. The molecule has 1 heterocycles. The van der Waals surface area contributed by atoms with Crippen LogP contribution in [0.2, 0.25) is 0 Å². The summed E-state index contributed by atoms with van der Waals surface area (Å²) in [5, 5.41) is 10.3. The van der Waals surface area contributed by atoms with Gasteiger partial charge >= 0.3 is 0 Å². The fourth-order valence-electron chi connectivity index (χ4n) is 3.28. The second kappa shape index (κ2) is 5.32. The lowest BCUT2D eigenvalue weighted by Crippen LogP contribution is -2.27. The first-order valence-corrected chi connectivity index (χ1v) is 7.68. The standard InChI is InChI=1S/C17H29NO/c1-12(2)6-7-13(3)18-9-8-14-15(18)10-17(4,5)11-16(14)19/h8-9,12-13,16,19H,6-7,10-11H2,1-5H3. The Hall–Kier alpha value is -0.760. The molecule has 108 valence electrons. The minimum absolute atomic E-state index is 0.209. The Bertz CT molecular complexity index is 430. The van der Waals surface area contributed by atoms with E-state index in [0.717, 1.165) is 24.3 Å². The molecule has 0 aliphatic heterocycles. The smallest absolute Gasteiger partial charge is 0.0812 e. The Balaban J connectivity index is 2.20. The van der Waals surface area contributed by atoms with Gasteiger partial charge < -0.3 is 9.67 Å². The van der Waals surface area contributed by atoms with E-state index in [4.69, 9.17) is 0 Å². The van der Waals surface area contributed by atoms with Gasteiger partial charge in [-0.15, -0.1) is 0 Å². The molecule has 1 aliphatic rings. The maximum Gasteiger partial charge on any atom is 0.0812 e. The third-order valence-electron chi connectivity index (χ3n) is 4.45. The van der Waals surface area contributed by atoms with Crippen molar-refractivity contribution >= 4 is 0 Å². The second-order valence-corrected chi connectivity index (χ2v) is 7.51. The van der Waals surface area contributed by atoms with Crippen LogP contribution >= 0.6 is 0 Å². The van der Waals surface area contributed by atoms with E-state index in [9.17, 15) is 5.11 Å². The van der Waals surface area contributed by atoms with Crippen LogP contribution in [0.25, 0.3) is 0 Å². The largest absolute Gasteiger partial charge is 0.388 e. The molecule has 0 amide bonds. The molecule has 1 aliphatic carbocycles. The molecule has 19 heavy (non-hydrogen) atoms. The number of aliphatic hydroxyl groups excluding tert-OH is 1. The molecule has 0 spiro atoms. The summed E-state index contributed by atoms with van der Waals surface area (Å²) < 4.78 is 2.40. The van der Waals surface area contributed by atoms with Crippen molar-refractivity contribution in [2.45, 2.75) is 72.4 Å². The van der Waals surface area contributed by atoms with E-state index < -0.39 is 0 Å². The van der Waals surface area contributed by atoms with E-state index >= 15 is 0 Å². The number of hydrogen-bond acceptors (Lipinski definition) is 1. The van der Waals surface area contributed by atoms with E-state index in [1.54, 1.807) is 0 Å². The van der Waals surface area contributed by atoms with Crippen molar-refractivity contribution in [1.29, 1.82) is 0 Å². The molecule has 0 fully saturated rings. The van der Waals surface area contributed by atoms with Gasteiger partial charge in [0.1, 0.15) is 0 Å². The SMILES string of the molecule is CC(C)CCC(C)n1ccc2c1CC(C)(C)CC2O. The molecule has 0 radical (unpaired) electrons. The molecular formula is C17H29NO. The maximum atomic E-state index is 10.3. The number of nitrogens with zero attached hydrogens (tertiary/aromatic N) is 1. The molecule has 0 aromatic carbocycles. The highest BCUT2D eigenvalue weighted by atomic mass is 16.3. The zero-order chi connectivity index (χ0) is 14.2. The Labute approximate surface area is 117 Å². The number of aromatic nitrogens is 1. The molecule has 2 rings (SSSR count). The van der Waals surface area contributed by atoms with Gasteiger partial charge in [-0.1, -0.05) is 27.7 Å². The van der Waals surface area contributed by atoms with Crippen molar-refractivity contribution in [1.82, 2.24) is 4.57 Å². The van der Waals surface area contributed by atoms with Gasteiger partial charge in [0.2, 0.25) is 0 Å². The fourth-order valence-corrected chi connectivity index (χ4v) is 3.28. The molecule has 1 N–H and O–H groups in total. The summed E-state index contributed by atoms with van der Waals surface area (Å²) in [7, 11) is 0. The zero-order valence-electron chi connectivity index (χ0n) is 13.1. The van der Waals surface area contributed by atoms with Gasteiger partial charge in [-0.25, -0.2) is 0 Å². The monoisotopic (exact) mass is 263 g/mol. The van der Waals surface area contributed by atoms with Crippen molar-refractivity contribution in [3.05, 3.63) is 23.5 Å². The van der Waals surface area contributed by atoms with E-state index in [1.165, 1.54) is 18.5 Å². The van der Waals surface area contributed by atoms with Crippen molar-refractivity contribution < 1.29 is 5.11 Å². The molecule has 0 saturated carbocycles. The maximum absolute atomic E-state index is 10.3. The van der Waals surface area contributed by atoms with E-state index in [0.29, 0.717) is 6.04 Å². The number of hydrogen-bond donors (Lipinski definition) is 1. The number of rotatable bonds is 4. The number of aliphatic hydroxyl groups is 1. The first kappa shape index (κ1) is 14.6. The van der Waals surface area contributed by atoms with Gasteiger partial charge in [-0.05, 0) is 50.0 Å². The lowest BCUT2D eigenvalue weighted by molar-refractivity contribution is 0.0974. The van der Waals surface area contributed by atoms with Crippen LogP contribution in [0.15, 0.2) is 12.3 Å². The minimum atomic E-state index is -0.280. The lowest BCUT2D eigenvalue weighted by atomic mass is 9.75. The average Bonchev–Trinajstić information content (AvgIpc) is 2.67. The second-order valence-electron chi connectivity index (χ2n) is 7.51. The lowest BCUT2D eigenvalue weighted by Gasteiger charge is -2.34. The highest BCUT2D eigenvalue weighted by Gasteiger charge is 2.33. The van der Waals surface area contributed by atoms with Crippen LogP contribution in [0.3, 0.4) is 0 Å².